The van der Waals surface area contributed by atoms with Crippen molar-refractivity contribution in [2.75, 3.05) is 17.7 Å². The molecule has 0 unspecified atom stereocenters. The van der Waals surface area contributed by atoms with Gasteiger partial charge in [0.1, 0.15) is 5.83 Å². The maximum Gasteiger partial charge on any atom is 0.322 e. The Morgan fingerprint density at radius 2 is 1.94 bits per heavy atom. The van der Waals surface area contributed by atoms with E-state index >= 15 is 0 Å². The van der Waals surface area contributed by atoms with Crippen LogP contribution in [0.15, 0.2) is 72.1 Å². The van der Waals surface area contributed by atoms with E-state index in [0.29, 0.717) is 29.9 Å². The molecule has 0 saturated carbocycles. The van der Waals surface area contributed by atoms with Crippen LogP contribution < -0.4 is 10.2 Å². The molecule has 1 aliphatic rings. The SMILES string of the molecule is C=C(/C=C\C(F)=C/CC)c1cc2c(cn1)N(C(=O)NCc1ccc(S(C)(=O)=O)cc1)CC2(C)C. The van der Waals surface area contributed by atoms with E-state index < -0.39 is 9.84 Å². The topological polar surface area (TPSA) is 79.4 Å². The molecule has 1 aliphatic heterocycles. The molecule has 0 radical (unpaired) electrons. The summed E-state index contributed by atoms with van der Waals surface area (Å²) in [4.78, 5) is 19.3. The second kappa shape index (κ2) is 9.93. The van der Waals surface area contributed by atoms with Gasteiger partial charge in [-0.05, 0) is 53.5 Å². The van der Waals surface area contributed by atoms with Crippen molar-refractivity contribution >= 4 is 27.1 Å². The van der Waals surface area contributed by atoms with Crippen molar-refractivity contribution < 1.29 is 17.6 Å². The maximum absolute atomic E-state index is 13.7. The molecule has 2 aromatic rings. The average molecular weight is 484 g/mol. The molecule has 0 bridgehead atoms. The summed E-state index contributed by atoms with van der Waals surface area (Å²) in [6.45, 7) is 10.7. The van der Waals surface area contributed by atoms with Gasteiger partial charge in [0.25, 0.3) is 0 Å². The number of hydrogen-bond donors (Lipinski definition) is 1. The number of rotatable bonds is 7. The number of halogens is 1. The van der Waals surface area contributed by atoms with Crippen molar-refractivity contribution in [2.45, 2.75) is 44.0 Å². The monoisotopic (exact) mass is 483 g/mol. The Hall–Kier alpha value is -3.26. The van der Waals surface area contributed by atoms with Crippen LogP contribution >= 0.6 is 0 Å². The summed E-state index contributed by atoms with van der Waals surface area (Å²) in [5.74, 6) is -0.320. The van der Waals surface area contributed by atoms with Crippen LogP contribution in [0.4, 0.5) is 14.9 Å². The second-order valence-corrected chi connectivity index (χ2v) is 11.0. The van der Waals surface area contributed by atoms with E-state index in [1.54, 1.807) is 29.3 Å². The Morgan fingerprint density at radius 1 is 1.26 bits per heavy atom. The number of amides is 2. The van der Waals surface area contributed by atoms with E-state index in [0.717, 1.165) is 17.4 Å². The molecular weight excluding hydrogens is 453 g/mol. The Labute approximate surface area is 200 Å². The highest BCUT2D eigenvalue weighted by Gasteiger charge is 2.38. The van der Waals surface area contributed by atoms with Gasteiger partial charge in [0.05, 0.1) is 22.5 Å². The van der Waals surface area contributed by atoms with Crippen molar-refractivity contribution in [3.05, 3.63) is 84.0 Å². The van der Waals surface area contributed by atoms with Crippen LogP contribution in [0.3, 0.4) is 0 Å². The summed E-state index contributed by atoms with van der Waals surface area (Å²) in [6, 6.07) is 8.07. The van der Waals surface area contributed by atoms with Gasteiger partial charge in [-0.2, -0.15) is 0 Å². The minimum atomic E-state index is -3.27. The lowest BCUT2D eigenvalue weighted by Crippen LogP contribution is -2.41. The molecule has 1 aromatic carbocycles. The lowest BCUT2D eigenvalue weighted by atomic mass is 9.87. The highest BCUT2D eigenvalue weighted by atomic mass is 32.2. The molecule has 6 nitrogen and oxygen atoms in total. The van der Waals surface area contributed by atoms with Crippen LogP contribution in [0.25, 0.3) is 5.57 Å². The smallest absolute Gasteiger partial charge is 0.322 e. The number of urea groups is 1. The second-order valence-electron chi connectivity index (χ2n) is 8.99. The van der Waals surface area contributed by atoms with Crippen molar-refractivity contribution in [1.82, 2.24) is 10.3 Å². The van der Waals surface area contributed by atoms with E-state index in [9.17, 15) is 17.6 Å². The zero-order valence-corrected chi connectivity index (χ0v) is 20.7. The van der Waals surface area contributed by atoms with E-state index in [1.165, 1.54) is 24.3 Å². The fourth-order valence-electron chi connectivity index (χ4n) is 3.78. The van der Waals surface area contributed by atoms with Gasteiger partial charge in [0.2, 0.25) is 0 Å². The number of fused-ring (bicyclic) bond motifs is 1. The van der Waals surface area contributed by atoms with Crippen molar-refractivity contribution in [3.8, 4) is 0 Å². The van der Waals surface area contributed by atoms with Crippen molar-refractivity contribution in [2.24, 2.45) is 0 Å². The lowest BCUT2D eigenvalue weighted by Gasteiger charge is -2.21. The molecule has 1 N–H and O–H groups in total. The van der Waals surface area contributed by atoms with Crippen LogP contribution in [-0.4, -0.2) is 32.2 Å². The van der Waals surface area contributed by atoms with E-state index in [4.69, 9.17) is 0 Å². The fraction of sp³-hybridized carbons (Fsp3) is 0.308. The Bertz CT molecular complexity index is 1260. The van der Waals surface area contributed by atoms with Gasteiger partial charge < -0.3 is 5.32 Å². The quantitative estimate of drug-likeness (QED) is 0.540. The molecule has 0 saturated heterocycles. The standard InChI is InChI=1S/C26H30FN3O3S/c1-6-7-20(27)11-8-18(2)23-14-22-24(16-28-23)30(17-26(22,3)4)25(31)29-15-19-9-12-21(13-10-19)34(5,32)33/h7-14,16H,2,6,15,17H2,1,3-5H3,(H,29,31)/b11-8-,20-7+. The van der Waals surface area contributed by atoms with Gasteiger partial charge in [-0.3, -0.25) is 9.88 Å². The Morgan fingerprint density at radius 3 is 2.56 bits per heavy atom. The molecule has 2 amide bonds. The predicted molar refractivity (Wildman–Crippen MR) is 134 cm³/mol. The lowest BCUT2D eigenvalue weighted by molar-refractivity contribution is 0.245. The highest BCUT2D eigenvalue weighted by Crippen LogP contribution is 2.41. The first-order valence-corrected chi connectivity index (χ1v) is 12.9. The van der Waals surface area contributed by atoms with Gasteiger partial charge in [-0.25, -0.2) is 17.6 Å². The zero-order chi connectivity index (χ0) is 25.1. The molecule has 0 atom stereocenters. The zero-order valence-electron chi connectivity index (χ0n) is 19.9. The number of aromatic nitrogens is 1. The Balaban J connectivity index is 1.74. The van der Waals surface area contributed by atoms with Crippen LogP contribution in [0.1, 0.15) is 44.0 Å². The van der Waals surface area contributed by atoms with Gasteiger partial charge in [-0.1, -0.05) is 45.6 Å². The van der Waals surface area contributed by atoms with Gasteiger partial charge >= 0.3 is 6.03 Å². The molecule has 0 fully saturated rings. The number of allylic oxidation sites excluding steroid dienone is 5. The number of carbonyl (C=O) groups excluding carboxylic acids is 1. The number of nitrogens with one attached hydrogen (secondary N) is 1. The first-order valence-electron chi connectivity index (χ1n) is 11.0. The van der Waals surface area contributed by atoms with Crippen LogP contribution in [0, 0.1) is 0 Å². The summed E-state index contributed by atoms with van der Waals surface area (Å²) in [5, 5.41) is 2.89. The molecule has 0 spiro atoms. The fourth-order valence-corrected chi connectivity index (χ4v) is 4.41. The summed E-state index contributed by atoms with van der Waals surface area (Å²) < 4.78 is 36.9. The number of pyridine rings is 1. The molecular formula is C26H30FN3O3S. The molecule has 8 heteroatoms. The third-order valence-corrected chi connectivity index (χ3v) is 6.80. The normalized spacial score (nSPS) is 15.4. The maximum atomic E-state index is 13.7. The molecule has 3 rings (SSSR count). The number of sulfone groups is 1. The largest absolute Gasteiger partial charge is 0.334 e. The van der Waals surface area contributed by atoms with Gasteiger partial charge in [0, 0.05) is 24.8 Å². The van der Waals surface area contributed by atoms with Gasteiger partial charge in [0.15, 0.2) is 9.84 Å². The number of nitrogens with zero attached hydrogens (tertiary/aromatic N) is 2. The summed E-state index contributed by atoms with van der Waals surface area (Å²) in [5.41, 5.74) is 3.37. The summed E-state index contributed by atoms with van der Waals surface area (Å²) >= 11 is 0. The van der Waals surface area contributed by atoms with Crippen LogP contribution in [0.2, 0.25) is 0 Å². The van der Waals surface area contributed by atoms with Crippen molar-refractivity contribution in [1.29, 1.82) is 0 Å². The summed E-state index contributed by atoms with van der Waals surface area (Å²) in [7, 11) is -3.27. The minimum absolute atomic E-state index is 0.236. The molecule has 1 aromatic heterocycles. The first-order chi connectivity index (χ1) is 15.9. The summed E-state index contributed by atoms with van der Waals surface area (Å²) in [6.07, 6.45) is 7.86. The van der Waals surface area contributed by atoms with E-state index in [-0.39, 0.29) is 28.7 Å². The number of anilines is 1. The highest BCUT2D eigenvalue weighted by molar-refractivity contribution is 7.90. The third kappa shape index (κ3) is 5.80. The van der Waals surface area contributed by atoms with Crippen LogP contribution in [0.5, 0.6) is 0 Å². The third-order valence-electron chi connectivity index (χ3n) is 5.67. The number of benzene rings is 1. The average Bonchev–Trinajstić information content (AvgIpc) is 3.06. The molecule has 2 heterocycles. The molecule has 180 valence electrons. The van der Waals surface area contributed by atoms with E-state index in [2.05, 4.69) is 30.7 Å². The Kier molecular flexibility index (Phi) is 7.41. The van der Waals surface area contributed by atoms with E-state index in [1.807, 2.05) is 13.0 Å². The van der Waals surface area contributed by atoms with Crippen LogP contribution in [-0.2, 0) is 21.8 Å². The predicted octanol–water partition coefficient (Wildman–Crippen LogP) is 5.33. The van der Waals surface area contributed by atoms with Gasteiger partial charge in [-0.15, -0.1) is 0 Å². The molecule has 34 heavy (non-hydrogen) atoms. The number of hydrogen-bond acceptors (Lipinski definition) is 4. The minimum Gasteiger partial charge on any atom is -0.334 e. The first kappa shape index (κ1) is 25.4. The van der Waals surface area contributed by atoms with Crippen molar-refractivity contribution in [3.63, 3.8) is 0 Å². The molecule has 0 aliphatic carbocycles. The number of carbonyl (C=O) groups is 1.